The summed E-state index contributed by atoms with van der Waals surface area (Å²) in [5.74, 6) is -0.231. The molecule has 0 atom stereocenters. The fourth-order valence-electron chi connectivity index (χ4n) is 4.53. The first kappa shape index (κ1) is 25.4. The highest BCUT2D eigenvalue weighted by molar-refractivity contribution is 6.38. The maximum absolute atomic E-state index is 13.2. The van der Waals surface area contributed by atoms with Gasteiger partial charge in [-0.2, -0.15) is 0 Å². The van der Waals surface area contributed by atoms with Gasteiger partial charge in [-0.15, -0.1) is 0 Å². The normalized spacial score (nSPS) is 13.9. The molecule has 0 bridgehead atoms. The Kier molecular flexibility index (Phi) is 7.13. The minimum absolute atomic E-state index is 0.0167. The third kappa shape index (κ3) is 5.25. The predicted octanol–water partition coefficient (Wildman–Crippen LogP) is 5.74. The van der Waals surface area contributed by atoms with Crippen LogP contribution >= 0.6 is 11.6 Å². The van der Waals surface area contributed by atoms with Crippen molar-refractivity contribution in [2.45, 2.75) is 6.92 Å². The molecular weight excluding hydrogens is 498 g/mol. The average Bonchev–Trinajstić information content (AvgIpc) is 3.22. The van der Waals surface area contributed by atoms with E-state index in [0.717, 1.165) is 39.9 Å². The Bertz CT molecular complexity index is 1560. The highest BCUT2D eigenvalue weighted by atomic mass is 35.5. The molecule has 1 aromatic heterocycles. The molecule has 1 aliphatic heterocycles. The molecule has 0 saturated carbocycles. The van der Waals surface area contributed by atoms with Gasteiger partial charge in [0.2, 0.25) is 5.91 Å². The Morgan fingerprint density at radius 1 is 1.00 bits per heavy atom. The van der Waals surface area contributed by atoms with E-state index in [1.165, 1.54) is 0 Å². The van der Waals surface area contributed by atoms with Gasteiger partial charge in [-0.3, -0.25) is 14.6 Å². The number of fused-ring (bicyclic) bond motifs is 2. The molecule has 2 amide bonds. The Balaban J connectivity index is 1.57. The van der Waals surface area contributed by atoms with Crippen molar-refractivity contribution in [3.05, 3.63) is 95.1 Å². The molecule has 192 valence electrons. The molecular formula is C30H28ClN5O2. The minimum atomic E-state index is -0.214. The summed E-state index contributed by atoms with van der Waals surface area (Å²) in [6, 6.07) is 22.9. The van der Waals surface area contributed by atoms with Gasteiger partial charge in [-0.1, -0.05) is 35.9 Å². The van der Waals surface area contributed by atoms with E-state index in [-0.39, 0.29) is 11.8 Å². The number of hydrogen-bond acceptors (Lipinski definition) is 5. The van der Waals surface area contributed by atoms with E-state index in [9.17, 15) is 9.59 Å². The lowest BCUT2D eigenvalue weighted by atomic mass is 9.99. The predicted molar refractivity (Wildman–Crippen MR) is 155 cm³/mol. The molecule has 3 aromatic carbocycles. The number of carbonyl (C=O) groups excluding carboxylic acids is 2. The fraction of sp³-hybridized carbons (Fsp3) is 0.167. The van der Waals surface area contributed by atoms with Crippen LogP contribution in [0.5, 0.6) is 0 Å². The highest BCUT2D eigenvalue weighted by Gasteiger charge is 2.29. The SMILES string of the molecule is CC(=O)N(CCN(C)C)c1ccc(NC(=C2C(=O)Nc3cc(Cl)ccc32)c2ccc3cccnc3c2)cc1. The van der Waals surface area contributed by atoms with Crippen LogP contribution in [0, 0.1) is 0 Å². The number of carbonyl (C=O) groups is 2. The monoisotopic (exact) mass is 525 g/mol. The summed E-state index contributed by atoms with van der Waals surface area (Å²) in [6.07, 6.45) is 1.75. The second-order valence-corrected chi connectivity index (χ2v) is 9.89. The van der Waals surface area contributed by atoms with Gasteiger partial charge in [0.1, 0.15) is 0 Å². The van der Waals surface area contributed by atoms with E-state index in [2.05, 4.69) is 15.6 Å². The molecule has 5 rings (SSSR count). The Labute approximate surface area is 226 Å². The van der Waals surface area contributed by atoms with E-state index < -0.39 is 0 Å². The van der Waals surface area contributed by atoms with Gasteiger partial charge < -0.3 is 20.4 Å². The van der Waals surface area contributed by atoms with E-state index in [0.29, 0.717) is 28.5 Å². The van der Waals surface area contributed by atoms with Crippen molar-refractivity contribution in [1.29, 1.82) is 0 Å². The molecule has 0 aliphatic carbocycles. The van der Waals surface area contributed by atoms with Crippen molar-refractivity contribution in [3.63, 3.8) is 0 Å². The summed E-state index contributed by atoms with van der Waals surface area (Å²) in [4.78, 5) is 33.8. The van der Waals surface area contributed by atoms with Crippen LogP contribution in [0.4, 0.5) is 17.1 Å². The highest BCUT2D eigenvalue weighted by Crippen LogP contribution is 2.39. The van der Waals surface area contributed by atoms with Crippen LogP contribution in [0.2, 0.25) is 5.02 Å². The second-order valence-electron chi connectivity index (χ2n) is 9.45. The first-order chi connectivity index (χ1) is 18.3. The minimum Gasteiger partial charge on any atom is -0.354 e. The van der Waals surface area contributed by atoms with Crippen molar-refractivity contribution < 1.29 is 9.59 Å². The molecule has 38 heavy (non-hydrogen) atoms. The number of nitrogens with zero attached hydrogens (tertiary/aromatic N) is 3. The standard InChI is InChI=1S/C30H28ClN5O2/c1-19(37)36(16-15-35(2)3)24-11-9-23(10-12-24)33-29(21-7-6-20-5-4-14-32-26(20)17-21)28-25-13-8-22(31)18-27(25)34-30(28)38/h4-14,17-18,33H,15-16H2,1-3H3,(H,34,38). The summed E-state index contributed by atoms with van der Waals surface area (Å²) in [7, 11) is 3.96. The summed E-state index contributed by atoms with van der Waals surface area (Å²) in [6.45, 7) is 2.92. The number of rotatable bonds is 7. The lowest BCUT2D eigenvalue weighted by Crippen LogP contribution is -2.35. The lowest BCUT2D eigenvalue weighted by molar-refractivity contribution is -0.116. The maximum atomic E-state index is 13.2. The lowest BCUT2D eigenvalue weighted by Gasteiger charge is -2.23. The van der Waals surface area contributed by atoms with Gasteiger partial charge in [0, 0.05) is 59.1 Å². The number of hydrogen-bond donors (Lipinski definition) is 2. The number of halogens is 1. The average molecular weight is 526 g/mol. The van der Waals surface area contributed by atoms with Gasteiger partial charge in [0.15, 0.2) is 0 Å². The van der Waals surface area contributed by atoms with E-state index in [4.69, 9.17) is 11.6 Å². The molecule has 0 saturated heterocycles. The van der Waals surface area contributed by atoms with Crippen LogP contribution in [0.1, 0.15) is 18.1 Å². The Morgan fingerprint density at radius 2 is 1.79 bits per heavy atom. The number of aromatic nitrogens is 1. The van der Waals surface area contributed by atoms with Crippen molar-refractivity contribution >= 4 is 62.7 Å². The zero-order chi connectivity index (χ0) is 26.8. The maximum Gasteiger partial charge on any atom is 0.258 e. The summed E-state index contributed by atoms with van der Waals surface area (Å²) < 4.78 is 0. The van der Waals surface area contributed by atoms with Crippen LogP contribution in [0.3, 0.4) is 0 Å². The zero-order valence-corrected chi connectivity index (χ0v) is 22.2. The first-order valence-electron chi connectivity index (χ1n) is 12.3. The van der Waals surface area contributed by atoms with Crippen LogP contribution in [0.25, 0.3) is 22.2 Å². The molecule has 2 N–H and O–H groups in total. The van der Waals surface area contributed by atoms with Crippen molar-refractivity contribution in [1.82, 2.24) is 9.88 Å². The number of anilines is 3. The van der Waals surface area contributed by atoms with Gasteiger partial charge >= 0.3 is 0 Å². The molecule has 4 aromatic rings. The third-order valence-electron chi connectivity index (χ3n) is 6.47. The van der Waals surface area contributed by atoms with E-state index >= 15 is 0 Å². The molecule has 7 nitrogen and oxygen atoms in total. The van der Waals surface area contributed by atoms with Crippen molar-refractivity contribution in [2.75, 3.05) is 42.7 Å². The second kappa shape index (κ2) is 10.7. The van der Waals surface area contributed by atoms with E-state index in [1.54, 1.807) is 30.2 Å². The number of nitrogens with one attached hydrogen (secondary N) is 2. The number of likely N-dealkylation sites (N-methyl/N-ethyl adjacent to an activating group) is 1. The quantitative estimate of drug-likeness (QED) is 0.301. The van der Waals surface area contributed by atoms with Gasteiger partial charge in [0.25, 0.3) is 5.91 Å². The molecule has 2 heterocycles. The zero-order valence-electron chi connectivity index (χ0n) is 21.5. The van der Waals surface area contributed by atoms with Gasteiger partial charge in [-0.25, -0.2) is 0 Å². The topological polar surface area (TPSA) is 77.6 Å². The smallest absolute Gasteiger partial charge is 0.258 e. The van der Waals surface area contributed by atoms with Crippen LogP contribution in [-0.2, 0) is 9.59 Å². The summed E-state index contributed by atoms with van der Waals surface area (Å²) >= 11 is 6.19. The van der Waals surface area contributed by atoms with Crippen LogP contribution in [0.15, 0.2) is 79.0 Å². The molecule has 0 unspecified atom stereocenters. The summed E-state index contributed by atoms with van der Waals surface area (Å²) in [5.41, 5.74) is 5.86. The third-order valence-corrected chi connectivity index (χ3v) is 6.71. The molecule has 0 radical (unpaired) electrons. The van der Waals surface area contributed by atoms with Crippen molar-refractivity contribution in [3.8, 4) is 0 Å². The Hall–Kier alpha value is -4.20. The number of benzene rings is 3. The van der Waals surface area contributed by atoms with E-state index in [1.807, 2.05) is 79.7 Å². The van der Waals surface area contributed by atoms with Crippen molar-refractivity contribution in [2.24, 2.45) is 0 Å². The molecule has 0 spiro atoms. The largest absolute Gasteiger partial charge is 0.354 e. The van der Waals surface area contributed by atoms with Crippen LogP contribution in [-0.4, -0.2) is 48.9 Å². The molecule has 8 heteroatoms. The van der Waals surface area contributed by atoms with Crippen LogP contribution < -0.4 is 15.5 Å². The van der Waals surface area contributed by atoms with Gasteiger partial charge in [-0.05, 0) is 62.6 Å². The molecule has 0 fully saturated rings. The Morgan fingerprint density at radius 3 is 2.53 bits per heavy atom. The van der Waals surface area contributed by atoms with Gasteiger partial charge in [0.05, 0.1) is 22.5 Å². The first-order valence-corrected chi connectivity index (χ1v) is 12.7. The fourth-order valence-corrected chi connectivity index (χ4v) is 4.70. The summed E-state index contributed by atoms with van der Waals surface area (Å²) in [5, 5.41) is 7.98. The number of pyridine rings is 1. The number of amides is 2. The molecule has 1 aliphatic rings.